The van der Waals surface area contributed by atoms with Crippen molar-refractivity contribution in [3.63, 3.8) is 0 Å². The molecule has 0 bridgehead atoms. The molecule has 1 heterocycles. The maximum Gasteiger partial charge on any atom is 0.255 e. The molecule has 0 unspecified atom stereocenters. The van der Waals surface area contributed by atoms with Crippen LogP contribution in [0.2, 0.25) is 0 Å². The lowest BCUT2D eigenvalue weighted by Crippen LogP contribution is -2.25. The number of aromatic nitrogens is 3. The summed E-state index contributed by atoms with van der Waals surface area (Å²) in [7, 11) is 3.31. The highest BCUT2D eigenvalue weighted by molar-refractivity contribution is 5.97. The summed E-state index contributed by atoms with van der Waals surface area (Å²) in [6.45, 7) is 0.285. The quantitative estimate of drug-likeness (QED) is 0.774. The number of nitrogens with two attached hydrogens (primary N) is 1. The number of anilines is 1. The molecule has 7 nitrogen and oxygen atoms in total. The van der Waals surface area contributed by atoms with Gasteiger partial charge in [0.1, 0.15) is 12.1 Å². The van der Waals surface area contributed by atoms with Crippen LogP contribution < -0.4 is 15.8 Å². The normalized spacial score (nSPS) is 10.2. The first kappa shape index (κ1) is 12.9. The summed E-state index contributed by atoms with van der Waals surface area (Å²) < 4.78 is 6.87. The van der Waals surface area contributed by atoms with Crippen LogP contribution in [0.3, 0.4) is 0 Å². The summed E-state index contributed by atoms with van der Waals surface area (Å²) >= 11 is 0. The molecule has 1 aromatic carbocycles. The second kappa shape index (κ2) is 5.38. The minimum atomic E-state index is -0.271. The summed E-state index contributed by atoms with van der Waals surface area (Å²) in [5, 5.41) is 10.4. The van der Waals surface area contributed by atoms with E-state index in [-0.39, 0.29) is 12.5 Å². The first-order valence-electron chi connectivity index (χ1n) is 5.66. The minimum Gasteiger partial charge on any atom is -0.496 e. The standard InChI is InChI=1S/C12H15N5O2/c1-17-7-15-16-11(17)6-14-12(18)9-5-8(13)3-4-10(9)19-2/h3-5,7H,6,13H2,1-2H3,(H,14,18). The highest BCUT2D eigenvalue weighted by Crippen LogP contribution is 2.20. The van der Waals surface area contributed by atoms with Gasteiger partial charge in [0.2, 0.25) is 0 Å². The number of hydrogen-bond donors (Lipinski definition) is 2. The number of nitrogens with zero attached hydrogens (tertiary/aromatic N) is 3. The van der Waals surface area contributed by atoms with Crippen LogP contribution in [0, 0.1) is 0 Å². The van der Waals surface area contributed by atoms with Crippen molar-refractivity contribution in [3.8, 4) is 5.75 Å². The van der Waals surface area contributed by atoms with Crippen molar-refractivity contribution in [1.82, 2.24) is 20.1 Å². The van der Waals surface area contributed by atoms with Gasteiger partial charge >= 0.3 is 0 Å². The van der Waals surface area contributed by atoms with E-state index in [1.165, 1.54) is 7.11 Å². The zero-order valence-electron chi connectivity index (χ0n) is 10.8. The molecule has 0 aliphatic heterocycles. The smallest absolute Gasteiger partial charge is 0.255 e. The van der Waals surface area contributed by atoms with Gasteiger partial charge in [0.05, 0.1) is 19.2 Å². The second-order valence-corrected chi connectivity index (χ2v) is 4.00. The van der Waals surface area contributed by atoms with E-state index in [4.69, 9.17) is 10.5 Å². The number of methoxy groups -OCH3 is 1. The van der Waals surface area contributed by atoms with Crippen molar-refractivity contribution in [2.45, 2.75) is 6.54 Å². The van der Waals surface area contributed by atoms with Crippen LogP contribution in [0.15, 0.2) is 24.5 Å². The Morgan fingerprint density at radius 2 is 2.32 bits per heavy atom. The van der Waals surface area contributed by atoms with E-state index < -0.39 is 0 Å². The highest BCUT2D eigenvalue weighted by Gasteiger charge is 2.13. The topological polar surface area (TPSA) is 95.1 Å². The van der Waals surface area contributed by atoms with Gasteiger partial charge in [0, 0.05) is 12.7 Å². The largest absolute Gasteiger partial charge is 0.496 e. The van der Waals surface area contributed by atoms with Gasteiger partial charge < -0.3 is 20.4 Å². The van der Waals surface area contributed by atoms with E-state index in [1.807, 2.05) is 7.05 Å². The number of carbonyl (C=O) groups is 1. The average Bonchev–Trinajstić information content (AvgIpc) is 2.81. The average molecular weight is 261 g/mol. The van der Waals surface area contributed by atoms with Gasteiger partial charge in [0.25, 0.3) is 5.91 Å². The number of aryl methyl sites for hydroxylation is 1. The molecule has 1 aromatic heterocycles. The molecule has 100 valence electrons. The van der Waals surface area contributed by atoms with E-state index in [0.717, 1.165) is 0 Å². The fraction of sp³-hybridized carbons (Fsp3) is 0.250. The fourth-order valence-corrected chi connectivity index (χ4v) is 1.62. The van der Waals surface area contributed by atoms with Crippen LogP contribution in [0.1, 0.15) is 16.2 Å². The molecule has 2 aromatic rings. The zero-order valence-corrected chi connectivity index (χ0v) is 10.8. The minimum absolute atomic E-state index is 0.271. The number of carbonyl (C=O) groups excluding carboxylic acids is 1. The van der Waals surface area contributed by atoms with Crippen LogP contribution in [-0.4, -0.2) is 27.8 Å². The van der Waals surface area contributed by atoms with Crippen LogP contribution in [0.5, 0.6) is 5.75 Å². The number of nitrogens with one attached hydrogen (secondary N) is 1. The SMILES string of the molecule is COc1ccc(N)cc1C(=O)NCc1nncn1C. The molecule has 0 atom stereocenters. The summed E-state index contributed by atoms with van der Waals surface area (Å²) in [4.78, 5) is 12.1. The Morgan fingerprint density at radius 1 is 1.53 bits per heavy atom. The lowest BCUT2D eigenvalue weighted by Gasteiger charge is -2.09. The second-order valence-electron chi connectivity index (χ2n) is 4.00. The van der Waals surface area contributed by atoms with E-state index in [9.17, 15) is 4.79 Å². The van der Waals surface area contributed by atoms with Crippen molar-refractivity contribution in [2.24, 2.45) is 7.05 Å². The van der Waals surface area contributed by atoms with Crippen molar-refractivity contribution in [1.29, 1.82) is 0 Å². The van der Waals surface area contributed by atoms with Gasteiger partial charge in [-0.2, -0.15) is 0 Å². The molecule has 0 radical (unpaired) electrons. The lowest BCUT2D eigenvalue weighted by atomic mass is 10.1. The van der Waals surface area contributed by atoms with Crippen molar-refractivity contribution < 1.29 is 9.53 Å². The van der Waals surface area contributed by atoms with Gasteiger partial charge in [-0.05, 0) is 18.2 Å². The van der Waals surface area contributed by atoms with Crippen LogP contribution in [0.25, 0.3) is 0 Å². The lowest BCUT2D eigenvalue weighted by molar-refractivity contribution is 0.0946. The third-order valence-corrected chi connectivity index (χ3v) is 2.68. The maximum atomic E-state index is 12.1. The van der Waals surface area contributed by atoms with E-state index in [1.54, 1.807) is 29.1 Å². The van der Waals surface area contributed by atoms with Crippen molar-refractivity contribution >= 4 is 11.6 Å². The number of rotatable bonds is 4. The molecule has 19 heavy (non-hydrogen) atoms. The number of benzene rings is 1. The third-order valence-electron chi connectivity index (χ3n) is 2.68. The molecular formula is C12H15N5O2. The Kier molecular flexibility index (Phi) is 3.65. The molecular weight excluding hydrogens is 246 g/mol. The van der Waals surface area contributed by atoms with Gasteiger partial charge in [-0.15, -0.1) is 10.2 Å². The molecule has 1 amide bonds. The molecule has 0 spiro atoms. The molecule has 7 heteroatoms. The molecule has 2 rings (SSSR count). The van der Waals surface area contributed by atoms with Crippen LogP contribution in [-0.2, 0) is 13.6 Å². The summed E-state index contributed by atoms with van der Waals surface area (Å²) in [6.07, 6.45) is 1.57. The molecule has 0 fully saturated rings. The Hall–Kier alpha value is -2.57. The molecule has 0 aliphatic rings. The summed E-state index contributed by atoms with van der Waals surface area (Å²) in [6, 6.07) is 4.91. The number of hydrogen-bond acceptors (Lipinski definition) is 5. The first-order chi connectivity index (χ1) is 9.11. The van der Waals surface area contributed by atoms with Gasteiger partial charge in [-0.3, -0.25) is 4.79 Å². The maximum absolute atomic E-state index is 12.1. The molecule has 0 aliphatic carbocycles. The van der Waals surface area contributed by atoms with E-state index >= 15 is 0 Å². The number of amides is 1. The monoisotopic (exact) mass is 261 g/mol. The van der Waals surface area contributed by atoms with Gasteiger partial charge in [0.15, 0.2) is 5.82 Å². The van der Waals surface area contributed by atoms with Gasteiger partial charge in [-0.25, -0.2) is 0 Å². The zero-order chi connectivity index (χ0) is 13.8. The Labute approximate surface area is 110 Å². The number of ether oxygens (including phenoxy) is 1. The molecule has 0 saturated heterocycles. The van der Waals surface area contributed by atoms with E-state index in [2.05, 4.69) is 15.5 Å². The number of nitrogen functional groups attached to an aromatic ring is 1. The van der Waals surface area contributed by atoms with Crippen LogP contribution in [0.4, 0.5) is 5.69 Å². The van der Waals surface area contributed by atoms with Gasteiger partial charge in [-0.1, -0.05) is 0 Å². The Balaban J connectivity index is 2.12. The molecule has 0 saturated carbocycles. The first-order valence-corrected chi connectivity index (χ1v) is 5.66. The van der Waals surface area contributed by atoms with E-state index in [0.29, 0.717) is 22.8 Å². The fourth-order valence-electron chi connectivity index (χ4n) is 1.62. The van der Waals surface area contributed by atoms with Crippen LogP contribution >= 0.6 is 0 Å². The summed E-state index contributed by atoms with van der Waals surface area (Å²) in [5.74, 6) is 0.869. The predicted molar refractivity (Wildman–Crippen MR) is 69.6 cm³/mol. The van der Waals surface area contributed by atoms with Crippen molar-refractivity contribution in [2.75, 3.05) is 12.8 Å². The third kappa shape index (κ3) is 2.82. The molecule has 3 N–H and O–H groups in total. The summed E-state index contributed by atoms with van der Waals surface area (Å²) in [5.41, 5.74) is 6.57. The Bertz CT molecular complexity index is 594. The Morgan fingerprint density at radius 3 is 2.95 bits per heavy atom. The predicted octanol–water partition coefficient (Wildman–Crippen LogP) is 0.336. The van der Waals surface area contributed by atoms with Crippen molar-refractivity contribution in [3.05, 3.63) is 35.9 Å². The highest BCUT2D eigenvalue weighted by atomic mass is 16.5.